The fourth-order valence-corrected chi connectivity index (χ4v) is 3.24. The Morgan fingerprint density at radius 2 is 1.72 bits per heavy atom. The first kappa shape index (κ1) is 17.6. The summed E-state index contributed by atoms with van der Waals surface area (Å²) in [5.41, 5.74) is 1.65. The van der Waals surface area contributed by atoms with Crippen molar-refractivity contribution in [2.45, 2.75) is 12.9 Å². The van der Waals surface area contributed by atoms with Gasteiger partial charge in [0.05, 0.1) is 6.54 Å². The largest absolute Gasteiger partial charge is 0.573 e. The Labute approximate surface area is 151 Å². The van der Waals surface area contributed by atoms with Crippen LogP contribution in [0.2, 0.25) is 4.47 Å². The normalized spacial score (nSPS) is 11.4. The Bertz CT molecular complexity index is 867. The fraction of sp³-hybridized carbons (Fsp3) is 0.118. The second kappa shape index (κ2) is 7.33. The second-order valence-corrected chi connectivity index (χ2v) is 6.72. The lowest BCUT2D eigenvalue weighted by molar-refractivity contribution is -0.274. The summed E-state index contributed by atoms with van der Waals surface area (Å²) in [4.78, 5) is 4.88. The average molecular weight is 385 g/mol. The van der Waals surface area contributed by atoms with Gasteiger partial charge >= 0.3 is 6.36 Å². The first-order valence-corrected chi connectivity index (χ1v) is 8.40. The SMILES string of the molecule is FC(F)(F)Oc1ccccc1-c1ccccc1NCc1cnc(Cl)s1. The van der Waals surface area contributed by atoms with Crippen molar-refractivity contribution in [2.24, 2.45) is 0 Å². The predicted octanol–water partition coefficient (Wildman–Crippen LogP) is 5.97. The molecular formula is C17H12ClF3N2OS. The summed E-state index contributed by atoms with van der Waals surface area (Å²) in [6, 6.07) is 13.1. The van der Waals surface area contributed by atoms with Crippen LogP contribution >= 0.6 is 22.9 Å². The number of para-hydroxylation sites is 2. The molecule has 0 aliphatic heterocycles. The number of aromatic nitrogens is 1. The van der Waals surface area contributed by atoms with Crippen LogP contribution in [-0.4, -0.2) is 11.3 Å². The van der Waals surface area contributed by atoms with Crippen molar-refractivity contribution in [1.29, 1.82) is 0 Å². The molecule has 0 amide bonds. The van der Waals surface area contributed by atoms with Crippen LogP contribution in [-0.2, 0) is 6.54 Å². The summed E-state index contributed by atoms with van der Waals surface area (Å²) >= 11 is 7.15. The summed E-state index contributed by atoms with van der Waals surface area (Å²) in [5.74, 6) is -0.245. The highest BCUT2D eigenvalue weighted by Crippen LogP contribution is 2.37. The second-order valence-electron chi connectivity index (χ2n) is 5.02. The molecule has 0 aliphatic carbocycles. The highest BCUT2D eigenvalue weighted by atomic mass is 35.5. The molecule has 3 nitrogen and oxygen atoms in total. The molecule has 1 aromatic heterocycles. The number of halogens is 4. The summed E-state index contributed by atoms with van der Waals surface area (Å²) in [5, 5.41) is 3.21. The Morgan fingerprint density at radius 3 is 2.40 bits per heavy atom. The van der Waals surface area contributed by atoms with E-state index in [1.807, 2.05) is 0 Å². The van der Waals surface area contributed by atoms with Crippen LogP contribution in [0.25, 0.3) is 11.1 Å². The van der Waals surface area contributed by atoms with E-state index in [9.17, 15) is 13.2 Å². The molecule has 0 unspecified atom stereocenters. The van der Waals surface area contributed by atoms with Crippen molar-refractivity contribution in [1.82, 2.24) is 4.98 Å². The van der Waals surface area contributed by atoms with E-state index in [0.29, 0.717) is 27.8 Å². The van der Waals surface area contributed by atoms with E-state index in [2.05, 4.69) is 15.0 Å². The van der Waals surface area contributed by atoms with Gasteiger partial charge in [-0.2, -0.15) is 0 Å². The molecule has 3 aromatic rings. The van der Waals surface area contributed by atoms with E-state index in [4.69, 9.17) is 11.6 Å². The van der Waals surface area contributed by atoms with Gasteiger partial charge in [0, 0.05) is 27.9 Å². The average Bonchev–Trinajstić information content (AvgIpc) is 2.98. The summed E-state index contributed by atoms with van der Waals surface area (Å²) in [6.45, 7) is 0.462. The number of thiazole rings is 1. The first-order chi connectivity index (χ1) is 11.9. The highest BCUT2D eigenvalue weighted by Gasteiger charge is 2.32. The fourth-order valence-electron chi connectivity index (χ4n) is 2.32. The minimum atomic E-state index is -4.75. The van der Waals surface area contributed by atoms with Crippen LogP contribution in [0.3, 0.4) is 0 Å². The van der Waals surface area contributed by atoms with Gasteiger partial charge in [0.2, 0.25) is 0 Å². The lowest BCUT2D eigenvalue weighted by Crippen LogP contribution is -2.17. The van der Waals surface area contributed by atoms with Crippen LogP contribution < -0.4 is 10.1 Å². The maximum atomic E-state index is 12.7. The van der Waals surface area contributed by atoms with Crippen LogP contribution in [0.1, 0.15) is 4.88 Å². The van der Waals surface area contributed by atoms with Crippen LogP contribution in [0.4, 0.5) is 18.9 Å². The minimum Gasteiger partial charge on any atom is -0.405 e. The number of nitrogens with zero attached hydrogens (tertiary/aromatic N) is 1. The molecule has 130 valence electrons. The molecule has 0 fully saturated rings. The smallest absolute Gasteiger partial charge is 0.405 e. The topological polar surface area (TPSA) is 34.1 Å². The van der Waals surface area contributed by atoms with Gasteiger partial charge in [-0.3, -0.25) is 0 Å². The minimum absolute atomic E-state index is 0.245. The van der Waals surface area contributed by atoms with Gasteiger partial charge < -0.3 is 10.1 Å². The monoisotopic (exact) mass is 384 g/mol. The van der Waals surface area contributed by atoms with Crippen LogP contribution in [0, 0.1) is 0 Å². The van der Waals surface area contributed by atoms with E-state index >= 15 is 0 Å². The van der Waals surface area contributed by atoms with Gasteiger partial charge in [0.15, 0.2) is 4.47 Å². The Hall–Kier alpha value is -2.25. The van der Waals surface area contributed by atoms with E-state index in [0.717, 1.165) is 4.88 Å². The standard InChI is InChI=1S/C17H12ClF3N2OS/c18-16-23-10-11(25-16)9-22-14-7-3-1-5-12(14)13-6-2-4-8-15(13)24-17(19,20)21/h1-8,10,22H,9H2. The Morgan fingerprint density at radius 1 is 1.04 bits per heavy atom. The molecule has 0 saturated carbocycles. The van der Waals surface area contributed by atoms with E-state index in [1.54, 1.807) is 42.6 Å². The number of nitrogens with one attached hydrogen (secondary N) is 1. The number of benzene rings is 2. The molecule has 1 N–H and O–H groups in total. The van der Waals surface area contributed by atoms with E-state index < -0.39 is 6.36 Å². The van der Waals surface area contributed by atoms with Crippen LogP contribution in [0.5, 0.6) is 5.75 Å². The summed E-state index contributed by atoms with van der Waals surface area (Å²) < 4.78 is 42.6. The molecule has 0 radical (unpaired) electrons. The van der Waals surface area contributed by atoms with Crippen molar-refractivity contribution in [3.63, 3.8) is 0 Å². The molecule has 0 bridgehead atoms. The van der Waals surface area contributed by atoms with E-state index in [-0.39, 0.29) is 5.75 Å². The number of anilines is 1. The van der Waals surface area contributed by atoms with Crippen molar-refractivity contribution in [2.75, 3.05) is 5.32 Å². The number of hydrogen-bond donors (Lipinski definition) is 1. The number of rotatable bonds is 5. The predicted molar refractivity (Wildman–Crippen MR) is 93.0 cm³/mol. The zero-order chi connectivity index (χ0) is 17.9. The van der Waals surface area contributed by atoms with Crippen LogP contribution in [0.15, 0.2) is 54.7 Å². The molecule has 0 atom stereocenters. The maximum Gasteiger partial charge on any atom is 0.573 e. The van der Waals surface area contributed by atoms with Crippen molar-refractivity contribution in [3.8, 4) is 16.9 Å². The summed E-state index contributed by atoms with van der Waals surface area (Å²) in [7, 11) is 0. The Kier molecular flexibility index (Phi) is 5.15. The third kappa shape index (κ3) is 4.64. The molecule has 1 heterocycles. The lowest BCUT2D eigenvalue weighted by Gasteiger charge is -2.16. The maximum absolute atomic E-state index is 12.7. The summed E-state index contributed by atoms with van der Waals surface area (Å²) in [6.07, 6.45) is -3.10. The number of alkyl halides is 3. The zero-order valence-electron chi connectivity index (χ0n) is 12.7. The van der Waals surface area contributed by atoms with Crippen molar-refractivity contribution in [3.05, 3.63) is 64.1 Å². The zero-order valence-corrected chi connectivity index (χ0v) is 14.3. The van der Waals surface area contributed by atoms with Gasteiger partial charge in [0.1, 0.15) is 5.75 Å². The van der Waals surface area contributed by atoms with Crippen molar-refractivity contribution < 1.29 is 17.9 Å². The van der Waals surface area contributed by atoms with Gasteiger partial charge in [-0.25, -0.2) is 4.98 Å². The van der Waals surface area contributed by atoms with Crippen molar-refractivity contribution >= 4 is 28.6 Å². The Balaban J connectivity index is 1.90. The molecule has 0 spiro atoms. The number of ether oxygens (including phenoxy) is 1. The van der Waals surface area contributed by atoms with Gasteiger partial charge in [0.25, 0.3) is 0 Å². The third-order valence-corrected chi connectivity index (χ3v) is 4.42. The highest BCUT2D eigenvalue weighted by molar-refractivity contribution is 7.15. The quantitative estimate of drug-likeness (QED) is 0.588. The third-order valence-electron chi connectivity index (χ3n) is 3.31. The molecule has 3 rings (SSSR count). The van der Waals surface area contributed by atoms with Gasteiger partial charge in [-0.15, -0.1) is 24.5 Å². The van der Waals surface area contributed by atoms with Gasteiger partial charge in [-0.05, 0) is 12.1 Å². The molecule has 0 aliphatic rings. The molecule has 25 heavy (non-hydrogen) atoms. The molecular weight excluding hydrogens is 373 g/mol. The molecule has 2 aromatic carbocycles. The first-order valence-electron chi connectivity index (χ1n) is 7.20. The lowest BCUT2D eigenvalue weighted by atomic mass is 10.0. The molecule has 0 saturated heterocycles. The molecule has 8 heteroatoms. The number of hydrogen-bond acceptors (Lipinski definition) is 4. The van der Waals surface area contributed by atoms with Gasteiger partial charge in [-0.1, -0.05) is 48.0 Å². The van der Waals surface area contributed by atoms with E-state index in [1.165, 1.54) is 23.5 Å².